The van der Waals surface area contributed by atoms with Gasteiger partial charge in [0.15, 0.2) is 0 Å². The van der Waals surface area contributed by atoms with Gasteiger partial charge in [0.1, 0.15) is 0 Å². The number of hydrogen-bond donors (Lipinski definition) is 0. The molecule has 0 saturated carbocycles. The molecule has 1 spiro atoms. The number of amides is 2. The number of likely N-dealkylation sites (N-methyl/N-ethyl adjacent to an activating group) is 1. The van der Waals surface area contributed by atoms with E-state index in [0.29, 0.717) is 19.6 Å². The minimum Gasteiger partial charge on any atom is -0.373 e. The fraction of sp³-hybridized carbons (Fsp3) is 0.667. The molecule has 1 aromatic rings. The van der Waals surface area contributed by atoms with E-state index in [9.17, 15) is 9.59 Å². The SMILES string of the molecule is CN(C)C(=O)CN1CCOC2(CCN(Cc3ccsc3)CC2)CC1=O. The third-order valence-electron chi connectivity index (χ3n) is 5.17. The highest BCUT2D eigenvalue weighted by atomic mass is 32.1. The first kappa shape index (κ1) is 18.4. The number of piperidine rings is 1. The molecule has 6 nitrogen and oxygen atoms in total. The van der Waals surface area contributed by atoms with Crippen LogP contribution in [0, 0.1) is 0 Å². The van der Waals surface area contributed by atoms with Gasteiger partial charge in [-0.05, 0) is 35.2 Å². The predicted octanol–water partition coefficient (Wildman–Crippen LogP) is 1.42. The van der Waals surface area contributed by atoms with Crippen LogP contribution in [0.4, 0.5) is 0 Å². The minimum absolute atomic E-state index is 0.0407. The molecule has 2 aliphatic rings. The summed E-state index contributed by atoms with van der Waals surface area (Å²) in [6.07, 6.45) is 2.14. The van der Waals surface area contributed by atoms with Crippen LogP contribution < -0.4 is 0 Å². The molecular formula is C18H27N3O3S. The highest BCUT2D eigenvalue weighted by Gasteiger charge is 2.40. The van der Waals surface area contributed by atoms with E-state index in [1.807, 2.05) is 0 Å². The number of carbonyl (C=O) groups excluding carboxylic acids is 2. The molecule has 0 aromatic carbocycles. The van der Waals surface area contributed by atoms with E-state index in [1.165, 1.54) is 10.5 Å². The van der Waals surface area contributed by atoms with Crippen molar-refractivity contribution in [1.29, 1.82) is 0 Å². The number of thiophene rings is 1. The van der Waals surface area contributed by atoms with Crippen molar-refractivity contribution in [2.75, 3.05) is 46.9 Å². The number of carbonyl (C=O) groups is 2. The van der Waals surface area contributed by atoms with Crippen LogP contribution in [0.3, 0.4) is 0 Å². The Morgan fingerprint density at radius 3 is 2.72 bits per heavy atom. The summed E-state index contributed by atoms with van der Waals surface area (Å²) in [6, 6.07) is 2.17. The largest absolute Gasteiger partial charge is 0.373 e. The summed E-state index contributed by atoms with van der Waals surface area (Å²) in [4.78, 5) is 30.2. The minimum atomic E-state index is -0.349. The molecule has 2 amide bonds. The topological polar surface area (TPSA) is 53.1 Å². The highest BCUT2D eigenvalue weighted by molar-refractivity contribution is 7.07. The van der Waals surface area contributed by atoms with Gasteiger partial charge < -0.3 is 14.5 Å². The predicted molar refractivity (Wildman–Crippen MR) is 97.4 cm³/mol. The maximum Gasteiger partial charge on any atom is 0.241 e. The summed E-state index contributed by atoms with van der Waals surface area (Å²) in [7, 11) is 3.43. The molecule has 138 valence electrons. The van der Waals surface area contributed by atoms with E-state index in [-0.39, 0.29) is 24.0 Å². The summed E-state index contributed by atoms with van der Waals surface area (Å²) in [5, 5.41) is 4.30. The van der Waals surface area contributed by atoms with Crippen LogP contribution in [0.1, 0.15) is 24.8 Å². The summed E-state index contributed by atoms with van der Waals surface area (Å²) in [5.41, 5.74) is 1.00. The summed E-state index contributed by atoms with van der Waals surface area (Å²) in [5.74, 6) is -0.00568. The second-order valence-corrected chi connectivity index (χ2v) is 8.00. The van der Waals surface area contributed by atoms with Crippen LogP contribution >= 0.6 is 11.3 Å². The Bertz CT molecular complexity index is 595. The Morgan fingerprint density at radius 2 is 2.08 bits per heavy atom. The van der Waals surface area contributed by atoms with E-state index in [4.69, 9.17) is 4.74 Å². The first-order valence-electron chi connectivity index (χ1n) is 8.83. The van der Waals surface area contributed by atoms with E-state index >= 15 is 0 Å². The molecule has 3 heterocycles. The Morgan fingerprint density at radius 1 is 1.32 bits per heavy atom. The number of rotatable bonds is 4. The van der Waals surface area contributed by atoms with Gasteiger partial charge in [-0.15, -0.1) is 0 Å². The molecule has 0 N–H and O–H groups in total. The number of ether oxygens (including phenoxy) is 1. The molecule has 2 saturated heterocycles. The molecule has 0 atom stereocenters. The van der Waals surface area contributed by atoms with Crippen LogP contribution in [0.25, 0.3) is 0 Å². The Hall–Kier alpha value is -1.44. The van der Waals surface area contributed by atoms with Crippen LogP contribution in [-0.2, 0) is 20.9 Å². The van der Waals surface area contributed by atoms with Gasteiger partial charge in [0, 0.05) is 40.3 Å². The zero-order valence-electron chi connectivity index (χ0n) is 15.1. The maximum absolute atomic E-state index is 12.6. The number of nitrogens with zero attached hydrogens (tertiary/aromatic N) is 3. The van der Waals surface area contributed by atoms with Crippen molar-refractivity contribution in [2.24, 2.45) is 0 Å². The summed E-state index contributed by atoms with van der Waals surface area (Å²) >= 11 is 1.73. The smallest absolute Gasteiger partial charge is 0.241 e. The van der Waals surface area contributed by atoms with Crippen LogP contribution in [0.15, 0.2) is 16.8 Å². The van der Waals surface area contributed by atoms with Crippen LogP contribution in [0.2, 0.25) is 0 Å². The van der Waals surface area contributed by atoms with Gasteiger partial charge in [0.05, 0.1) is 25.2 Å². The molecule has 2 fully saturated rings. The molecule has 0 bridgehead atoms. The summed E-state index contributed by atoms with van der Waals surface area (Å²) < 4.78 is 6.15. The van der Waals surface area contributed by atoms with Gasteiger partial charge in [-0.1, -0.05) is 0 Å². The van der Waals surface area contributed by atoms with Crippen molar-refractivity contribution in [3.63, 3.8) is 0 Å². The van der Waals surface area contributed by atoms with Crippen molar-refractivity contribution < 1.29 is 14.3 Å². The maximum atomic E-state index is 12.6. The molecule has 7 heteroatoms. The second kappa shape index (κ2) is 7.85. The lowest BCUT2D eigenvalue weighted by atomic mass is 9.87. The molecule has 1 aromatic heterocycles. The van der Waals surface area contributed by atoms with Gasteiger partial charge in [-0.25, -0.2) is 0 Å². The highest BCUT2D eigenvalue weighted by Crippen LogP contribution is 2.33. The lowest BCUT2D eigenvalue weighted by molar-refractivity contribution is -0.140. The van der Waals surface area contributed by atoms with Crippen LogP contribution in [-0.4, -0.2) is 79.0 Å². The zero-order valence-corrected chi connectivity index (χ0v) is 15.9. The van der Waals surface area contributed by atoms with E-state index in [1.54, 1.807) is 30.3 Å². The Labute approximate surface area is 153 Å². The molecule has 0 radical (unpaired) electrons. The second-order valence-electron chi connectivity index (χ2n) is 7.22. The number of likely N-dealkylation sites (tertiary alicyclic amines) is 1. The molecule has 3 rings (SSSR count). The summed E-state index contributed by atoms with van der Waals surface area (Å²) in [6.45, 7) is 4.02. The van der Waals surface area contributed by atoms with E-state index in [0.717, 1.165) is 32.5 Å². The van der Waals surface area contributed by atoms with E-state index in [2.05, 4.69) is 21.7 Å². The number of hydrogen-bond acceptors (Lipinski definition) is 5. The Kier molecular flexibility index (Phi) is 5.76. The zero-order chi connectivity index (χ0) is 17.9. The van der Waals surface area contributed by atoms with Crippen molar-refractivity contribution >= 4 is 23.2 Å². The molecule has 0 aliphatic carbocycles. The van der Waals surface area contributed by atoms with Gasteiger partial charge in [0.25, 0.3) is 0 Å². The molecule has 0 unspecified atom stereocenters. The average Bonchev–Trinajstić information content (AvgIpc) is 3.03. The third kappa shape index (κ3) is 4.59. The fourth-order valence-electron chi connectivity index (χ4n) is 3.49. The molecule has 2 aliphatic heterocycles. The first-order chi connectivity index (χ1) is 12.0. The van der Waals surface area contributed by atoms with Crippen molar-refractivity contribution in [3.8, 4) is 0 Å². The third-order valence-corrected chi connectivity index (χ3v) is 5.91. The van der Waals surface area contributed by atoms with Gasteiger partial charge >= 0.3 is 0 Å². The standard InChI is InChI=1S/C18H27N3O3S/c1-19(2)17(23)13-21-8-9-24-18(11-16(21)22)4-6-20(7-5-18)12-15-3-10-25-14-15/h3,10,14H,4-9,11-13H2,1-2H3. The monoisotopic (exact) mass is 365 g/mol. The lowest BCUT2D eigenvalue weighted by Gasteiger charge is -2.40. The fourth-order valence-corrected chi connectivity index (χ4v) is 4.15. The normalized spacial score (nSPS) is 21.4. The molecular weight excluding hydrogens is 338 g/mol. The van der Waals surface area contributed by atoms with Crippen molar-refractivity contribution in [1.82, 2.24) is 14.7 Å². The lowest BCUT2D eigenvalue weighted by Crippen LogP contribution is -2.47. The quantitative estimate of drug-likeness (QED) is 0.810. The van der Waals surface area contributed by atoms with Crippen molar-refractivity contribution in [3.05, 3.63) is 22.4 Å². The van der Waals surface area contributed by atoms with Gasteiger partial charge in [-0.2, -0.15) is 11.3 Å². The Balaban J connectivity index is 1.55. The van der Waals surface area contributed by atoms with Gasteiger partial charge in [-0.3, -0.25) is 14.5 Å². The van der Waals surface area contributed by atoms with Crippen LogP contribution in [0.5, 0.6) is 0 Å². The van der Waals surface area contributed by atoms with Crippen molar-refractivity contribution in [2.45, 2.75) is 31.4 Å². The van der Waals surface area contributed by atoms with E-state index < -0.39 is 0 Å². The average molecular weight is 365 g/mol. The molecule has 25 heavy (non-hydrogen) atoms. The first-order valence-corrected chi connectivity index (χ1v) is 9.77. The van der Waals surface area contributed by atoms with Gasteiger partial charge in [0.2, 0.25) is 11.8 Å².